The molecule has 1 N–H and O–H groups in total. The smallest absolute Gasteiger partial charge is 0.226 e. The minimum absolute atomic E-state index is 0.327. The van der Waals surface area contributed by atoms with Crippen molar-refractivity contribution in [1.82, 2.24) is 14.8 Å². The molecule has 152 valence electrons. The van der Waals surface area contributed by atoms with Crippen LogP contribution in [0, 0.1) is 6.92 Å². The van der Waals surface area contributed by atoms with Crippen molar-refractivity contribution in [3.05, 3.63) is 86.4 Å². The van der Waals surface area contributed by atoms with Crippen molar-refractivity contribution in [2.24, 2.45) is 0 Å². The summed E-state index contributed by atoms with van der Waals surface area (Å²) in [5.41, 5.74) is 2.11. The summed E-state index contributed by atoms with van der Waals surface area (Å²) >= 11 is 13.7. The molecule has 2 heterocycles. The van der Waals surface area contributed by atoms with Gasteiger partial charge in [0.25, 0.3) is 0 Å². The molecule has 0 aliphatic rings. The molecule has 2 aromatic carbocycles. The van der Waals surface area contributed by atoms with E-state index in [0.717, 1.165) is 23.1 Å². The van der Waals surface area contributed by atoms with E-state index in [1.165, 1.54) is 17.8 Å². The lowest BCUT2D eigenvalue weighted by Crippen LogP contribution is -2.01. The van der Waals surface area contributed by atoms with E-state index in [1.807, 2.05) is 41.8 Å². The second-order valence-electron chi connectivity index (χ2n) is 6.47. The predicted molar refractivity (Wildman–Crippen MR) is 118 cm³/mol. The van der Waals surface area contributed by atoms with E-state index in [-0.39, 0.29) is 0 Å². The van der Waals surface area contributed by atoms with Crippen molar-refractivity contribution in [2.75, 3.05) is 0 Å². The van der Waals surface area contributed by atoms with Crippen molar-refractivity contribution >= 4 is 35.0 Å². The summed E-state index contributed by atoms with van der Waals surface area (Å²) < 4.78 is 7.17. The average molecular weight is 460 g/mol. The number of halogens is 2. The maximum absolute atomic E-state index is 11.6. The van der Waals surface area contributed by atoms with Crippen LogP contribution in [0.2, 0.25) is 10.0 Å². The summed E-state index contributed by atoms with van der Waals surface area (Å²) in [5, 5.41) is 19.9. The zero-order valence-electron chi connectivity index (χ0n) is 15.7. The van der Waals surface area contributed by atoms with E-state index in [1.54, 1.807) is 12.1 Å². The van der Waals surface area contributed by atoms with Crippen LogP contribution in [-0.2, 0) is 5.75 Å². The third kappa shape index (κ3) is 4.23. The first-order chi connectivity index (χ1) is 14.4. The number of hydrogen-bond acceptors (Lipinski definition) is 6. The van der Waals surface area contributed by atoms with Crippen LogP contribution in [0.1, 0.15) is 11.3 Å². The first-order valence-corrected chi connectivity index (χ1v) is 10.6. The van der Waals surface area contributed by atoms with Gasteiger partial charge in [0.05, 0.1) is 11.4 Å². The van der Waals surface area contributed by atoms with Gasteiger partial charge >= 0.3 is 0 Å². The molecule has 0 saturated carbocycles. The molecule has 4 aromatic rings. The molecular formula is C21H15Cl2N3O3S. The van der Waals surface area contributed by atoms with Crippen LogP contribution in [0.5, 0.6) is 5.75 Å². The van der Waals surface area contributed by atoms with Gasteiger partial charge < -0.3 is 9.52 Å². The Bertz CT molecular complexity index is 1270. The van der Waals surface area contributed by atoms with Gasteiger partial charge in [-0.05, 0) is 48.9 Å². The minimum Gasteiger partial charge on any atom is -0.502 e. The Hall–Kier alpha value is -2.74. The standard InChI is InChI=1S/C21H15Cl2N3O3S/c1-12-2-7-15(8-17(12)23)26-20(13-3-5-14(22)6-4-13)24-25-21(26)30-11-16-9-18(27)19(28)10-29-16/h2-10,28H,11H2,1H3. The van der Waals surface area contributed by atoms with Gasteiger partial charge in [0, 0.05) is 21.7 Å². The number of thioether (sulfide) groups is 1. The maximum atomic E-state index is 11.6. The fraction of sp³-hybridized carbons (Fsp3) is 0.0952. The zero-order chi connectivity index (χ0) is 21.3. The van der Waals surface area contributed by atoms with Gasteiger partial charge in [-0.15, -0.1) is 10.2 Å². The molecule has 0 atom stereocenters. The zero-order valence-corrected chi connectivity index (χ0v) is 18.0. The quantitative estimate of drug-likeness (QED) is 0.396. The van der Waals surface area contributed by atoms with E-state index < -0.39 is 11.2 Å². The van der Waals surface area contributed by atoms with Crippen LogP contribution >= 0.6 is 35.0 Å². The molecule has 0 saturated heterocycles. The number of aromatic nitrogens is 3. The summed E-state index contributed by atoms with van der Waals surface area (Å²) in [6, 6.07) is 14.3. The lowest BCUT2D eigenvalue weighted by molar-refractivity contribution is 0.419. The number of aromatic hydroxyl groups is 1. The number of benzene rings is 2. The van der Waals surface area contributed by atoms with Gasteiger partial charge in [-0.1, -0.05) is 41.0 Å². The molecule has 0 bridgehead atoms. The van der Waals surface area contributed by atoms with Gasteiger partial charge in [0.15, 0.2) is 16.7 Å². The van der Waals surface area contributed by atoms with Crippen LogP contribution in [0.25, 0.3) is 17.1 Å². The Morgan fingerprint density at radius 1 is 1.10 bits per heavy atom. The molecule has 0 radical (unpaired) electrons. The van der Waals surface area contributed by atoms with E-state index in [9.17, 15) is 9.90 Å². The molecule has 0 fully saturated rings. The van der Waals surface area contributed by atoms with Gasteiger partial charge in [0.2, 0.25) is 5.43 Å². The molecule has 9 heteroatoms. The minimum atomic E-state index is -0.495. The summed E-state index contributed by atoms with van der Waals surface area (Å²) in [6.45, 7) is 1.93. The van der Waals surface area contributed by atoms with Gasteiger partial charge in [-0.3, -0.25) is 9.36 Å². The summed E-state index contributed by atoms with van der Waals surface area (Å²) in [5.74, 6) is 0.938. The van der Waals surface area contributed by atoms with Gasteiger partial charge in [-0.25, -0.2) is 0 Å². The van der Waals surface area contributed by atoms with Gasteiger partial charge in [0.1, 0.15) is 12.0 Å². The van der Waals surface area contributed by atoms with Crippen LogP contribution in [0.15, 0.2) is 69.2 Å². The summed E-state index contributed by atoms with van der Waals surface area (Å²) in [4.78, 5) is 11.6. The Labute approximate surface area is 186 Å². The molecule has 0 unspecified atom stereocenters. The SMILES string of the molecule is Cc1ccc(-n2c(SCc3cc(=O)c(O)co3)nnc2-c2ccc(Cl)cc2)cc1Cl. The number of hydrogen-bond donors (Lipinski definition) is 1. The average Bonchev–Trinajstić information content (AvgIpc) is 3.15. The fourth-order valence-corrected chi connectivity index (χ4v) is 3.90. The maximum Gasteiger partial charge on any atom is 0.226 e. The Morgan fingerprint density at radius 3 is 2.57 bits per heavy atom. The largest absolute Gasteiger partial charge is 0.502 e. The van der Waals surface area contributed by atoms with E-state index in [4.69, 9.17) is 27.6 Å². The highest BCUT2D eigenvalue weighted by atomic mass is 35.5. The van der Waals surface area contributed by atoms with Crippen LogP contribution in [-0.4, -0.2) is 19.9 Å². The van der Waals surface area contributed by atoms with Crippen molar-refractivity contribution in [1.29, 1.82) is 0 Å². The predicted octanol–water partition coefficient (Wildman–Crippen LogP) is 5.50. The number of rotatable bonds is 5. The third-order valence-electron chi connectivity index (χ3n) is 4.36. The molecule has 0 aliphatic carbocycles. The first kappa shape index (κ1) is 20.5. The molecule has 2 aromatic heterocycles. The molecule has 4 rings (SSSR count). The van der Waals surface area contributed by atoms with Crippen LogP contribution in [0.4, 0.5) is 0 Å². The Balaban J connectivity index is 1.75. The van der Waals surface area contributed by atoms with E-state index in [0.29, 0.717) is 32.5 Å². The lowest BCUT2D eigenvalue weighted by Gasteiger charge is -2.11. The van der Waals surface area contributed by atoms with Crippen molar-refractivity contribution in [3.63, 3.8) is 0 Å². The van der Waals surface area contributed by atoms with E-state index in [2.05, 4.69) is 10.2 Å². The highest BCUT2D eigenvalue weighted by Crippen LogP contribution is 2.31. The normalized spacial score (nSPS) is 11.0. The number of nitrogens with zero attached hydrogens (tertiary/aromatic N) is 3. The van der Waals surface area contributed by atoms with Crippen LogP contribution < -0.4 is 5.43 Å². The molecule has 6 nitrogen and oxygen atoms in total. The fourth-order valence-electron chi connectivity index (χ4n) is 2.76. The summed E-state index contributed by atoms with van der Waals surface area (Å²) in [7, 11) is 0. The Kier molecular flexibility index (Phi) is 5.85. The second-order valence-corrected chi connectivity index (χ2v) is 8.25. The third-order valence-corrected chi connectivity index (χ3v) is 5.97. The highest BCUT2D eigenvalue weighted by molar-refractivity contribution is 7.98. The molecule has 30 heavy (non-hydrogen) atoms. The van der Waals surface area contributed by atoms with Gasteiger partial charge in [-0.2, -0.15) is 0 Å². The van der Waals surface area contributed by atoms with E-state index >= 15 is 0 Å². The molecule has 0 spiro atoms. The first-order valence-electron chi connectivity index (χ1n) is 8.84. The Morgan fingerprint density at radius 2 is 1.87 bits per heavy atom. The monoisotopic (exact) mass is 459 g/mol. The lowest BCUT2D eigenvalue weighted by atomic mass is 10.2. The number of aryl methyl sites for hydroxylation is 1. The van der Waals surface area contributed by atoms with Crippen molar-refractivity contribution in [3.8, 4) is 22.8 Å². The second kappa shape index (κ2) is 8.55. The molecular weight excluding hydrogens is 445 g/mol. The summed E-state index contributed by atoms with van der Waals surface area (Å²) in [6.07, 6.45) is 1.03. The highest BCUT2D eigenvalue weighted by Gasteiger charge is 2.17. The van der Waals surface area contributed by atoms with Crippen LogP contribution in [0.3, 0.4) is 0 Å². The van der Waals surface area contributed by atoms with Crippen molar-refractivity contribution in [2.45, 2.75) is 17.8 Å². The topological polar surface area (TPSA) is 81.2 Å². The van der Waals surface area contributed by atoms with Crippen molar-refractivity contribution < 1.29 is 9.52 Å². The molecule has 0 aliphatic heterocycles. The molecule has 0 amide bonds.